The van der Waals surface area contributed by atoms with Gasteiger partial charge in [0.2, 0.25) is 11.8 Å². The van der Waals surface area contributed by atoms with Crippen LogP contribution < -0.4 is 10.7 Å². The van der Waals surface area contributed by atoms with Crippen LogP contribution in [0.2, 0.25) is 0 Å². The minimum Gasteiger partial charge on any atom is -0.464 e. The number of pyridine rings is 1. The lowest BCUT2D eigenvalue weighted by atomic mass is 9.84. The van der Waals surface area contributed by atoms with Crippen molar-refractivity contribution in [1.82, 2.24) is 49.9 Å². The summed E-state index contributed by atoms with van der Waals surface area (Å²) in [5.41, 5.74) is 8.74. The van der Waals surface area contributed by atoms with Crippen LogP contribution in [-0.2, 0) is 48.0 Å². The monoisotopic (exact) mass is 1020 g/mol. The van der Waals surface area contributed by atoms with Gasteiger partial charge in [0, 0.05) is 105 Å². The Balaban J connectivity index is 1.12. The maximum atomic E-state index is 14.9. The zero-order chi connectivity index (χ0) is 51.9. The van der Waals surface area contributed by atoms with E-state index in [1.165, 1.54) is 21.2 Å². The molecular weight excluding hydrogens is 949 g/mol. The van der Waals surface area contributed by atoms with Crippen LogP contribution >= 0.6 is 11.3 Å². The highest BCUT2D eigenvalue weighted by atomic mass is 32.1. The number of methoxy groups -OCH3 is 1. The second-order valence-electron chi connectivity index (χ2n) is 21.4. The molecule has 2 N–H and O–H groups in total. The molecule has 4 aliphatic rings. The highest BCUT2D eigenvalue weighted by Gasteiger charge is 2.54. The van der Waals surface area contributed by atoms with E-state index in [4.69, 9.17) is 19.4 Å². The van der Waals surface area contributed by atoms with E-state index in [9.17, 15) is 24.0 Å². The quantitative estimate of drug-likeness (QED) is 0.109. The number of urea groups is 1. The molecule has 1 saturated carbocycles. The summed E-state index contributed by atoms with van der Waals surface area (Å²) in [5, 5.41) is 6.66. The fourth-order valence-corrected chi connectivity index (χ4v) is 11.9. The zero-order valence-electron chi connectivity index (χ0n) is 43.5. The predicted octanol–water partition coefficient (Wildman–Crippen LogP) is 5.57. The number of nitrogens with zero attached hydrogens (tertiary/aromatic N) is 8. The second-order valence-corrected chi connectivity index (χ2v) is 23.2. The van der Waals surface area contributed by atoms with Crippen LogP contribution in [0.5, 0.6) is 0 Å². The Morgan fingerprint density at radius 1 is 1.08 bits per heavy atom. The first kappa shape index (κ1) is 52.8. The average Bonchev–Trinajstić information content (AvgIpc) is 3.81. The van der Waals surface area contributed by atoms with Crippen molar-refractivity contribution in [3.63, 3.8) is 0 Å². The molecule has 72 heavy (non-hydrogen) atoms. The van der Waals surface area contributed by atoms with Gasteiger partial charge in [-0.3, -0.25) is 29.2 Å². The number of piperazine rings is 1. The number of hydrogen-bond donors (Lipinski definition) is 2. The third-order valence-electron chi connectivity index (χ3n) is 14.6. The molecule has 385 valence electrons. The average molecular weight is 1020 g/mol. The van der Waals surface area contributed by atoms with Gasteiger partial charge in [0.25, 0.3) is 5.91 Å². The van der Waals surface area contributed by atoms with Gasteiger partial charge >= 0.3 is 12.0 Å². The van der Waals surface area contributed by atoms with E-state index in [0.717, 1.165) is 57.5 Å². The van der Waals surface area contributed by atoms with Crippen LogP contribution in [0.1, 0.15) is 89.6 Å². The largest absolute Gasteiger partial charge is 0.464 e. The number of carbonyl (C=O) groups excluding carboxylic acids is 5. The van der Waals surface area contributed by atoms with Crippen LogP contribution in [0, 0.1) is 11.3 Å². The molecule has 3 fully saturated rings. The molecule has 3 aromatic heterocycles. The number of ether oxygens (including phenoxy) is 2. The van der Waals surface area contributed by atoms with Gasteiger partial charge in [0.15, 0.2) is 0 Å². The van der Waals surface area contributed by atoms with E-state index in [0.29, 0.717) is 57.0 Å². The maximum Gasteiger partial charge on any atom is 0.323 e. The number of amides is 5. The van der Waals surface area contributed by atoms with Crippen molar-refractivity contribution >= 4 is 62.2 Å². The van der Waals surface area contributed by atoms with Gasteiger partial charge < -0.3 is 39.0 Å². The first-order valence-corrected chi connectivity index (χ1v) is 26.6. The van der Waals surface area contributed by atoms with Gasteiger partial charge in [0.05, 0.1) is 50.6 Å². The summed E-state index contributed by atoms with van der Waals surface area (Å²) < 4.78 is 14.3. The molecule has 6 heterocycles. The van der Waals surface area contributed by atoms with Crippen molar-refractivity contribution in [1.29, 1.82) is 0 Å². The number of likely N-dealkylation sites (N-methyl/N-ethyl adjacent to an activating group) is 2. The van der Waals surface area contributed by atoms with Gasteiger partial charge in [0.1, 0.15) is 17.2 Å². The first-order valence-electron chi connectivity index (χ1n) is 25.2. The van der Waals surface area contributed by atoms with Crippen molar-refractivity contribution in [2.24, 2.45) is 11.3 Å². The summed E-state index contributed by atoms with van der Waals surface area (Å²) in [6.45, 7) is 14.8. The van der Waals surface area contributed by atoms with Crippen LogP contribution in [0.3, 0.4) is 0 Å². The summed E-state index contributed by atoms with van der Waals surface area (Å²) in [5.74, 6) is -1.90. The number of thiazole rings is 1. The summed E-state index contributed by atoms with van der Waals surface area (Å²) >= 11 is 1.40. The number of rotatable bonds is 11. The molecule has 4 aromatic rings. The molecule has 8 rings (SSSR count). The van der Waals surface area contributed by atoms with E-state index in [1.807, 2.05) is 62.2 Å². The molecule has 4 atom stereocenters. The number of aryl methyl sites for hydroxylation is 1. The summed E-state index contributed by atoms with van der Waals surface area (Å²) in [7, 11) is 10.9. The number of aromatic nitrogens is 3. The Labute approximate surface area is 431 Å². The van der Waals surface area contributed by atoms with Gasteiger partial charge in [-0.15, -0.1) is 11.3 Å². The summed E-state index contributed by atoms with van der Waals surface area (Å²) in [6.07, 6.45) is 8.00. The molecule has 6 bridgehead atoms. The molecule has 3 radical (unpaired) electrons. The van der Waals surface area contributed by atoms with Crippen LogP contribution in [0.25, 0.3) is 33.4 Å². The van der Waals surface area contributed by atoms with Crippen LogP contribution in [0.15, 0.2) is 54.1 Å². The van der Waals surface area contributed by atoms with Crippen molar-refractivity contribution in [3.05, 3.63) is 70.3 Å². The summed E-state index contributed by atoms with van der Waals surface area (Å²) in [4.78, 5) is 88.5. The number of benzene rings is 1. The van der Waals surface area contributed by atoms with Gasteiger partial charge in [-0.1, -0.05) is 39.8 Å². The Bertz CT molecular complexity index is 2730. The number of hydrazine groups is 1. The zero-order valence-corrected chi connectivity index (χ0v) is 45.4. The lowest BCUT2D eigenvalue weighted by molar-refractivity contribution is -0.158. The second kappa shape index (κ2) is 21.2. The third kappa shape index (κ3) is 10.8. The molecule has 19 heteroatoms. The maximum absolute atomic E-state index is 14.9. The highest BCUT2D eigenvalue weighted by molar-refractivity contribution is 7.10. The van der Waals surface area contributed by atoms with Crippen molar-refractivity contribution in [2.75, 3.05) is 67.6 Å². The number of nitrogens with one attached hydrogen (secondary N) is 2. The number of hydrogen-bond acceptors (Lipinski definition) is 12. The normalized spacial score (nSPS) is 22.1. The minimum absolute atomic E-state index is 0.0517. The van der Waals surface area contributed by atoms with Crippen molar-refractivity contribution < 1.29 is 33.4 Å². The Morgan fingerprint density at radius 2 is 1.85 bits per heavy atom. The molecule has 3 aliphatic heterocycles. The Hall–Kier alpha value is -5.47. The van der Waals surface area contributed by atoms with Crippen LogP contribution in [0.4, 0.5) is 4.79 Å². The molecule has 5 amide bonds. The van der Waals surface area contributed by atoms with E-state index >= 15 is 0 Å². The molecule has 2 saturated heterocycles. The fraction of sp³-hybridized carbons (Fsp3) is 0.566. The van der Waals surface area contributed by atoms with E-state index in [2.05, 4.69) is 70.6 Å². The minimum atomic E-state index is -1.43. The molecule has 1 aliphatic carbocycles. The highest BCUT2D eigenvalue weighted by Crippen LogP contribution is 2.45. The number of carbonyl (C=O) groups is 5. The first-order chi connectivity index (χ1) is 34.2. The van der Waals surface area contributed by atoms with Gasteiger partial charge in [-0.25, -0.2) is 15.2 Å². The standard InChI is InChI=1S/C53H71N10O7SSi/c1-11-61-41-18-17-35-27-37(41)38(46(61)36-15-12-22-54-44(36)34(4)69-10)29-51(5,6)32-70-49(67)53(72)19-14-24-63(57-53)48(66)39(28-42-55-40(35)30-71-42)56-47(65)45(33(2)3)59(9)50(68)60-25-26-62(52(31-60)20-21-52)43(64)16-13-23-58(7)8/h12-13,15-18,22,27,30,33-34,39,45,57H,11,14,19-21,23-26,28-29,31-32H2,1-10H3,(H,56,65)/b16-13+/t34-,39-,45-,53-/m0/s1. The van der Waals surface area contributed by atoms with Gasteiger partial charge in [-0.05, 0) is 95.8 Å². The topological polar surface area (TPSA) is 175 Å². The number of cyclic esters (lactones) is 1. The smallest absolute Gasteiger partial charge is 0.323 e. The molecule has 17 nitrogen and oxygen atoms in total. The van der Waals surface area contributed by atoms with Crippen LogP contribution in [-0.4, -0.2) is 169 Å². The van der Waals surface area contributed by atoms with Crippen molar-refractivity contribution in [2.45, 2.75) is 116 Å². The summed E-state index contributed by atoms with van der Waals surface area (Å²) in [6, 6.07) is 8.01. The van der Waals surface area contributed by atoms with Gasteiger partial charge in [-0.2, -0.15) is 0 Å². The molecular formula is C53H71N10O7SSi. The fourth-order valence-electron chi connectivity index (χ4n) is 10.7. The van der Waals surface area contributed by atoms with E-state index in [-0.39, 0.29) is 43.5 Å². The van der Waals surface area contributed by atoms with Crippen molar-refractivity contribution in [3.8, 4) is 22.5 Å². The SMILES string of the molecule is CCn1c(-c2cccnc2[C@H](C)OC)c2c3cc(ccc31)-c1csc(n1)C[C@H](NC(=O)[C@H](C(C)C)N(C)C(=O)N1CCN(C(=O)/C=C/CN(C)C)C3(CC3)C1)C(=O)N1CCC[C@@]([Si])(N1)C(=O)OCC(C)(C)C2. The number of fused-ring (bicyclic) bond motifs is 6. The number of esters is 1. The third-order valence-corrected chi connectivity index (χ3v) is 16.1. The lowest BCUT2D eigenvalue weighted by Crippen LogP contribution is -2.68. The molecule has 1 aromatic carbocycles. The lowest BCUT2D eigenvalue weighted by Gasteiger charge is -2.44. The predicted molar refractivity (Wildman–Crippen MR) is 279 cm³/mol. The Kier molecular flexibility index (Phi) is 15.5. The van der Waals surface area contributed by atoms with E-state index < -0.39 is 46.0 Å². The molecule has 0 unspecified atom stereocenters. The molecule has 1 spiro atoms. The van der Waals surface area contributed by atoms with E-state index in [1.54, 1.807) is 31.3 Å². The Morgan fingerprint density at radius 3 is 2.54 bits per heavy atom.